The summed E-state index contributed by atoms with van der Waals surface area (Å²) in [6.45, 7) is 3.30. The van der Waals surface area contributed by atoms with Crippen LogP contribution in [0.3, 0.4) is 0 Å². The molecular weight excluding hydrogens is 186 g/mol. The number of hydrogen-bond donors (Lipinski definition) is 1. The average molecular weight is 205 g/mol. The molecule has 3 nitrogen and oxygen atoms in total. The molecule has 0 unspecified atom stereocenters. The van der Waals surface area contributed by atoms with Crippen molar-refractivity contribution < 1.29 is 0 Å². The van der Waals surface area contributed by atoms with Crippen LogP contribution in [0.4, 0.5) is 0 Å². The lowest BCUT2D eigenvalue weighted by molar-refractivity contribution is 0.195. The molecule has 0 amide bonds. The van der Waals surface area contributed by atoms with Gasteiger partial charge in [0, 0.05) is 31.5 Å². The molecule has 82 valence electrons. The summed E-state index contributed by atoms with van der Waals surface area (Å²) in [5.41, 5.74) is 1.30. The minimum absolute atomic E-state index is 0.680. The SMILES string of the molecule is CN(Cc1cccnc1)[C@@H]1CCCNC1. The van der Waals surface area contributed by atoms with Gasteiger partial charge in [0.15, 0.2) is 0 Å². The normalized spacial score (nSPS) is 21.9. The third kappa shape index (κ3) is 3.01. The lowest BCUT2D eigenvalue weighted by Gasteiger charge is -2.31. The molecule has 0 aliphatic carbocycles. The zero-order chi connectivity index (χ0) is 10.5. The van der Waals surface area contributed by atoms with E-state index in [2.05, 4.69) is 28.3 Å². The van der Waals surface area contributed by atoms with Gasteiger partial charge in [-0.1, -0.05) is 6.07 Å². The van der Waals surface area contributed by atoms with Gasteiger partial charge in [0.1, 0.15) is 0 Å². The quantitative estimate of drug-likeness (QED) is 0.805. The highest BCUT2D eigenvalue weighted by atomic mass is 15.2. The van der Waals surface area contributed by atoms with Crippen molar-refractivity contribution in [3.63, 3.8) is 0 Å². The Morgan fingerprint density at radius 2 is 2.53 bits per heavy atom. The largest absolute Gasteiger partial charge is 0.315 e. The molecule has 0 bridgehead atoms. The van der Waals surface area contributed by atoms with Crippen molar-refractivity contribution >= 4 is 0 Å². The second-order valence-corrected chi connectivity index (χ2v) is 4.28. The van der Waals surface area contributed by atoms with Crippen molar-refractivity contribution in [3.8, 4) is 0 Å². The van der Waals surface area contributed by atoms with Gasteiger partial charge < -0.3 is 5.32 Å². The van der Waals surface area contributed by atoms with Crippen molar-refractivity contribution in [2.45, 2.75) is 25.4 Å². The van der Waals surface area contributed by atoms with Crippen LogP contribution in [0, 0.1) is 0 Å². The Morgan fingerprint density at radius 1 is 1.60 bits per heavy atom. The lowest BCUT2D eigenvalue weighted by atomic mass is 10.1. The molecule has 1 fully saturated rings. The van der Waals surface area contributed by atoms with E-state index < -0.39 is 0 Å². The molecule has 1 atom stereocenters. The predicted molar refractivity (Wildman–Crippen MR) is 61.6 cm³/mol. The highest BCUT2D eigenvalue weighted by molar-refractivity contribution is 5.08. The number of aromatic nitrogens is 1. The van der Waals surface area contributed by atoms with Gasteiger partial charge in [-0.3, -0.25) is 9.88 Å². The maximum Gasteiger partial charge on any atom is 0.0312 e. The van der Waals surface area contributed by atoms with Crippen LogP contribution in [0.1, 0.15) is 18.4 Å². The minimum atomic E-state index is 0.680. The second-order valence-electron chi connectivity index (χ2n) is 4.28. The fourth-order valence-corrected chi connectivity index (χ4v) is 2.12. The second kappa shape index (κ2) is 5.24. The van der Waals surface area contributed by atoms with E-state index in [0.717, 1.165) is 13.1 Å². The topological polar surface area (TPSA) is 28.2 Å². The van der Waals surface area contributed by atoms with E-state index in [1.54, 1.807) is 0 Å². The first-order chi connectivity index (χ1) is 7.36. The minimum Gasteiger partial charge on any atom is -0.315 e. The Kier molecular flexibility index (Phi) is 3.69. The summed E-state index contributed by atoms with van der Waals surface area (Å²) in [4.78, 5) is 6.56. The number of hydrogen-bond acceptors (Lipinski definition) is 3. The zero-order valence-corrected chi connectivity index (χ0v) is 9.32. The molecule has 1 N–H and O–H groups in total. The summed E-state index contributed by atoms with van der Waals surface area (Å²) in [6.07, 6.45) is 6.38. The van der Waals surface area contributed by atoms with E-state index >= 15 is 0 Å². The fraction of sp³-hybridized carbons (Fsp3) is 0.583. The van der Waals surface area contributed by atoms with E-state index in [1.807, 2.05) is 18.5 Å². The van der Waals surface area contributed by atoms with Gasteiger partial charge in [0.2, 0.25) is 0 Å². The fourth-order valence-electron chi connectivity index (χ4n) is 2.12. The van der Waals surface area contributed by atoms with Crippen LogP contribution in [-0.4, -0.2) is 36.1 Å². The molecule has 0 saturated carbocycles. The van der Waals surface area contributed by atoms with E-state index in [1.165, 1.54) is 24.9 Å². The summed E-state index contributed by atoms with van der Waals surface area (Å²) in [5, 5.41) is 3.44. The molecule has 1 aliphatic heterocycles. The summed E-state index contributed by atoms with van der Waals surface area (Å²) >= 11 is 0. The van der Waals surface area contributed by atoms with Crippen LogP contribution < -0.4 is 5.32 Å². The highest BCUT2D eigenvalue weighted by Crippen LogP contribution is 2.11. The summed E-state index contributed by atoms with van der Waals surface area (Å²) in [7, 11) is 2.20. The average Bonchev–Trinajstić information content (AvgIpc) is 2.31. The zero-order valence-electron chi connectivity index (χ0n) is 9.32. The molecule has 1 aromatic rings. The monoisotopic (exact) mass is 205 g/mol. The maximum absolute atomic E-state index is 4.14. The van der Waals surface area contributed by atoms with E-state index in [-0.39, 0.29) is 0 Å². The van der Waals surface area contributed by atoms with Crippen LogP contribution in [0.15, 0.2) is 24.5 Å². The molecular formula is C12H19N3. The summed E-state index contributed by atoms with van der Waals surface area (Å²) < 4.78 is 0. The standard InChI is InChI=1S/C12H19N3/c1-15(12-5-3-7-14-9-12)10-11-4-2-6-13-8-11/h2,4,6,8,12,14H,3,5,7,9-10H2,1H3/t12-/m1/s1. The lowest BCUT2D eigenvalue weighted by Crippen LogP contribution is -2.43. The Bertz CT molecular complexity index is 280. The molecule has 1 aromatic heterocycles. The molecule has 15 heavy (non-hydrogen) atoms. The van der Waals surface area contributed by atoms with Crippen molar-refractivity contribution in [1.82, 2.24) is 15.2 Å². The van der Waals surface area contributed by atoms with Gasteiger partial charge in [-0.15, -0.1) is 0 Å². The molecule has 0 spiro atoms. The summed E-state index contributed by atoms with van der Waals surface area (Å²) in [5.74, 6) is 0. The third-order valence-corrected chi connectivity index (χ3v) is 3.05. The highest BCUT2D eigenvalue weighted by Gasteiger charge is 2.17. The Morgan fingerprint density at radius 3 is 3.20 bits per heavy atom. The molecule has 1 saturated heterocycles. The van der Waals surface area contributed by atoms with Gasteiger partial charge in [-0.25, -0.2) is 0 Å². The van der Waals surface area contributed by atoms with Crippen molar-refractivity contribution in [3.05, 3.63) is 30.1 Å². The van der Waals surface area contributed by atoms with Crippen molar-refractivity contribution in [2.75, 3.05) is 20.1 Å². The van der Waals surface area contributed by atoms with Crippen LogP contribution in [0.25, 0.3) is 0 Å². The summed E-state index contributed by atoms with van der Waals surface area (Å²) in [6, 6.07) is 4.82. The van der Waals surface area contributed by atoms with Gasteiger partial charge in [0.25, 0.3) is 0 Å². The molecule has 0 radical (unpaired) electrons. The maximum atomic E-state index is 4.14. The van der Waals surface area contributed by atoms with Gasteiger partial charge >= 0.3 is 0 Å². The van der Waals surface area contributed by atoms with Crippen LogP contribution in [0.2, 0.25) is 0 Å². The molecule has 3 heteroatoms. The first kappa shape index (κ1) is 10.6. The molecule has 2 heterocycles. The van der Waals surface area contributed by atoms with Crippen molar-refractivity contribution in [1.29, 1.82) is 0 Å². The number of pyridine rings is 1. The van der Waals surface area contributed by atoms with Crippen LogP contribution in [0.5, 0.6) is 0 Å². The van der Waals surface area contributed by atoms with E-state index in [4.69, 9.17) is 0 Å². The first-order valence-electron chi connectivity index (χ1n) is 5.66. The third-order valence-electron chi connectivity index (χ3n) is 3.05. The number of piperidine rings is 1. The van der Waals surface area contributed by atoms with Gasteiger partial charge in [-0.05, 0) is 38.1 Å². The van der Waals surface area contributed by atoms with Gasteiger partial charge in [-0.2, -0.15) is 0 Å². The Hall–Kier alpha value is -0.930. The smallest absolute Gasteiger partial charge is 0.0312 e. The predicted octanol–water partition coefficient (Wildman–Crippen LogP) is 1.27. The van der Waals surface area contributed by atoms with E-state index in [0.29, 0.717) is 6.04 Å². The number of likely N-dealkylation sites (N-methyl/N-ethyl adjacent to an activating group) is 1. The Balaban J connectivity index is 1.88. The molecule has 1 aliphatic rings. The van der Waals surface area contributed by atoms with E-state index in [9.17, 15) is 0 Å². The first-order valence-corrected chi connectivity index (χ1v) is 5.66. The van der Waals surface area contributed by atoms with Gasteiger partial charge in [0.05, 0.1) is 0 Å². The molecule has 2 rings (SSSR count). The number of rotatable bonds is 3. The molecule has 0 aromatic carbocycles. The van der Waals surface area contributed by atoms with Crippen LogP contribution in [-0.2, 0) is 6.54 Å². The Labute approximate surface area is 91.5 Å². The number of nitrogens with zero attached hydrogens (tertiary/aromatic N) is 2. The number of nitrogens with one attached hydrogen (secondary N) is 1. The van der Waals surface area contributed by atoms with Crippen LogP contribution >= 0.6 is 0 Å². The van der Waals surface area contributed by atoms with Crippen molar-refractivity contribution in [2.24, 2.45) is 0 Å².